The van der Waals surface area contributed by atoms with E-state index in [9.17, 15) is 9.90 Å². The number of benzene rings is 1. The lowest BCUT2D eigenvalue weighted by molar-refractivity contribution is 0.0701. The van der Waals surface area contributed by atoms with E-state index in [1.807, 2.05) is 45.0 Å². The second-order valence-corrected chi connectivity index (χ2v) is 5.65. The maximum atomic E-state index is 11.2. The summed E-state index contributed by atoms with van der Waals surface area (Å²) >= 11 is 1.21. The minimum absolute atomic E-state index is 0.0994. The van der Waals surface area contributed by atoms with Gasteiger partial charge in [0.15, 0.2) is 0 Å². The van der Waals surface area contributed by atoms with E-state index >= 15 is 0 Å². The van der Waals surface area contributed by atoms with Crippen molar-refractivity contribution in [1.82, 2.24) is 4.98 Å². The van der Waals surface area contributed by atoms with Crippen LogP contribution >= 0.6 is 11.3 Å². The molecule has 0 amide bonds. The van der Waals surface area contributed by atoms with Crippen LogP contribution in [0.2, 0.25) is 0 Å². The van der Waals surface area contributed by atoms with Crippen molar-refractivity contribution >= 4 is 17.3 Å². The van der Waals surface area contributed by atoms with Gasteiger partial charge < -0.3 is 9.84 Å². The van der Waals surface area contributed by atoms with Crippen molar-refractivity contribution in [3.8, 4) is 16.3 Å². The number of thiazole rings is 1. The van der Waals surface area contributed by atoms with Gasteiger partial charge in [-0.05, 0) is 32.4 Å². The highest BCUT2D eigenvalue weighted by molar-refractivity contribution is 7.17. The molecule has 0 unspecified atom stereocenters. The number of aryl methyl sites for hydroxylation is 1. The first-order chi connectivity index (χ1) is 9.51. The van der Waals surface area contributed by atoms with Crippen molar-refractivity contribution in [2.75, 3.05) is 0 Å². The van der Waals surface area contributed by atoms with E-state index in [0.717, 1.165) is 11.3 Å². The van der Waals surface area contributed by atoms with Crippen LogP contribution in [0.3, 0.4) is 0 Å². The Morgan fingerprint density at radius 2 is 2.20 bits per heavy atom. The fourth-order valence-electron chi connectivity index (χ4n) is 1.86. The fraction of sp³-hybridized carbons (Fsp3) is 0.333. The highest BCUT2D eigenvalue weighted by Gasteiger charge is 2.17. The Hall–Kier alpha value is -1.88. The number of carboxylic acids is 1. The van der Waals surface area contributed by atoms with Crippen LogP contribution in [0.15, 0.2) is 24.3 Å². The smallest absolute Gasteiger partial charge is 0.347 e. The molecule has 1 N–H and O–H groups in total. The molecule has 0 spiro atoms. The Labute approximate surface area is 122 Å². The Kier molecular flexibility index (Phi) is 4.39. The largest absolute Gasteiger partial charge is 0.491 e. The summed E-state index contributed by atoms with van der Waals surface area (Å²) in [4.78, 5) is 15.9. The summed E-state index contributed by atoms with van der Waals surface area (Å²) in [5, 5.41) is 9.89. The van der Waals surface area contributed by atoms with Gasteiger partial charge in [-0.25, -0.2) is 9.78 Å². The number of aromatic nitrogens is 1. The van der Waals surface area contributed by atoms with E-state index in [1.54, 1.807) is 0 Å². The zero-order valence-corrected chi connectivity index (χ0v) is 12.5. The average Bonchev–Trinajstić information content (AvgIpc) is 2.82. The number of carboxylic acid groups (broad SMARTS) is 1. The lowest BCUT2D eigenvalue weighted by atomic mass is 10.2. The second-order valence-electron chi connectivity index (χ2n) is 4.65. The first-order valence-corrected chi connectivity index (χ1v) is 7.33. The molecule has 0 bridgehead atoms. The molecule has 2 aromatic rings. The predicted molar refractivity (Wildman–Crippen MR) is 79.7 cm³/mol. The number of aromatic carboxylic acids is 1. The van der Waals surface area contributed by atoms with Gasteiger partial charge in [-0.2, -0.15) is 0 Å². The Bertz CT molecular complexity index is 619. The zero-order valence-electron chi connectivity index (χ0n) is 11.7. The monoisotopic (exact) mass is 291 g/mol. The van der Waals surface area contributed by atoms with Gasteiger partial charge in [-0.15, -0.1) is 11.3 Å². The molecule has 0 fully saturated rings. The summed E-state index contributed by atoms with van der Waals surface area (Å²) in [5.41, 5.74) is 1.52. The number of carbonyl (C=O) groups is 1. The SMILES string of the molecule is CCc1nc(-c2cccc(OC(C)C)c2)sc1C(=O)O. The maximum Gasteiger partial charge on any atom is 0.347 e. The molecule has 5 heteroatoms. The number of hydrogen-bond donors (Lipinski definition) is 1. The van der Waals surface area contributed by atoms with Gasteiger partial charge in [0.2, 0.25) is 0 Å². The van der Waals surface area contributed by atoms with E-state index in [1.165, 1.54) is 11.3 Å². The van der Waals surface area contributed by atoms with Crippen molar-refractivity contribution < 1.29 is 14.6 Å². The topological polar surface area (TPSA) is 59.4 Å². The summed E-state index contributed by atoms with van der Waals surface area (Å²) in [6.07, 6.45) is 0.711. The summed E-state index contributed by atoms with van der Waals surface area (Å²) < 4.78 is 5.65. The molecular formula is C15H17NO3S. The molecule has 1 aromatic heterocycles. The molecule has 106 valence electrons. The molecule has 0 aliphatic heterocycles. The van der Waals surface area contributed by atoms with Crippen LogP contribution in [0, 0.1) is 0 Å². The van der Waals surface area contributed by atoms with Crippen LogP contribution in [-0.4, -0.2) is 22.2 Å². The molecule has 0 atom stereocenters. The van der Waals surface area contributed by atoms with Gasteiger partial charge in [0.05, 0.1) is 11.8 Å². The first-order valence-electron chi connectivity index (χ1n) is 6.51. The number of rotatable bonds is 5. The highest BCUT2D eigenvalue weighted by Crippen LogP contribution is 2.30. The van der Waals surface area contributed by atoms with Gasteiger partial charge in [-0.1, -0.05) is 19.1 Å². The summed E-state index contributed by atoms with van der Waals surface area (Å²) in [5.74, 6) is -0.150. The Morgan fingerprint density at radius 1 is 1.45 bits per heavy atom. The maximum absolute atomic E-state index is 11.2. The van der Waals surface area contributed by atoms with Crippen molar-refractivity contribution in [1.29, 1.82) is 0 Å². The number of nitrogens with zero attached hydrogens (tertiary/aromatic N) is 1. The van der Waals surface area contributed by atoms with Gasteiger partial charge >= 0.3 is 5.97 Å². The van der Waals surface area contributed by atoms with E-state index in [2.05, 4.69) is 4.98 Å². The minimum atomic E-state index is -0.916. The predicted octanol–water partition coefficient (Wildman–Crippen LogP) is 3.86. The van der Waals surface area contributed by atoms with E-state index < -0.39 is 5.97 Å². The van der Waals surface area contributed by atoms with Crippen LogP contribution in [-0.2, 0) is 6.42 Å². The number of ether oxygens (including phenoxy) is 1. The molecule has 20 heavy (non-hydrogen) atoms. The standard InChI is InChI=1S/C15H17NO3S/c1-4-12-13(15(17)18)20-14(16-12)10-6-5-7-11(8-10)19-9(2)3/h5-9H,4H2,1-3H3,(H,17,18). The van der Waals surface area contributed by atoms with Crippen LogP contribution in [0.5, 0.6) is 5.75 Å². The normalized spacial score (nSPS) is 10.8. The van der Waals surface area contributed by atoms with Gasteiger partial charge in [-0.3, -0.25) is 0 Å². The molecule has 0 radical (unpaired) electrons. The Balaban J connectivity index is 2.38. The van der Waals surface area contributed by atoms with Gasteiger partial charge in [0.1, 0.15) is 15.6 Å². The van der Waals surface area contributed by atoms with Gasteiger partial charge in [0.25, 0.3) is 0 Å². The van der Waals surface area contributed by atoms with E-state index in [4.69, 9.17) is 4.74 Å². The van der Waals surface area contributed by atoms with E-state index in [0.29, 0.717) is 22.0 Å². The molecule has 0 aliphatic rings. The minimum Gasteiger partial charge on any atom is -0.491 e. The van der Waals surface area contributed by atoms with Crippen molar-refractivity contribution in [3.63, 3.8) is 0 Å². The lowest BCUT2D eigenvalue weighted by Crippen LogP contribution is -2.05. The summed E-state index contributed by atoms with van der Waals surface area (Å²) in [7, 11) is 0. The van der Waals surface area contributed by atoms with Gasteiger partial charge in [0, 0.05) is 5.56 Å². The third-order valence-corrected chi connectivity index (χ3v) is 3.81. The molecule has 0 saturated carbocycles. The van der Waals surface area contributed by atoms with Crippen LogP contribution in [0.25, 0.3) is 10.6 Å². The molecule has 2 rings (SSSR count). The summed E-state index contributed by atoms with van der Waals surface area (Å²) in [6, 6.07) is 7.58. The first kappa shape index (κ1) is 14.5. The third kappa shape index (κ3) is 3.17. The number of hydrogen-bond acceptors (Lipinski definition) is 4. The summed E-state index contributed by atoms with van der Waals surface area (Å²) in [6.45, 7) is 5.84. The third-order valence-electron chi connectivity index (χ3n) is 2.68. The Morgan fingerprint density at radius 3 is 2.75 bits per heavy atom. The molecule has 0 aliphatic carbocycles. The average molecular weight is 291 g/mol. The quantitative estimate of drug-likeness (QED) is 0.908. The van der Waals surface area contributed by atoms with Crippen LogP contribution in [0.4, 0.5) is 0 Å². The zero-order chi connectivity index (χ0) is 14.7. The highest BCUT2D eigenvalue weighted by atomic mass is 32.1. The lowest BCUT2D eigenvalue weighted by Gasteiger charge is -2.09. The molecule has 0 saturated heterocycles. The molecule has 1 aromatic carbocycles. The van der Waals surface area contributed by atoms with E-state index in [-0.39, 0.29) is 6.10 Å². The fourth-order valence-corrected chi connectivity index (χ4v) is 2.85. The van der Waals surface area contributed by atoms with Crippen LogP contribution in [0.1, 0.15) is 36.1 Å². The second kappa shape index (κ2) is 6.05. The molecule has 1 heterocycles. The van der Waals surface area contributed by atoms with Crippen molar-refractivity contribution in [2.24, 2.45) is 0 Å². The van der Waals surface area contributed by atoms with Crippen LogP contribution < -0.4 is 4.74 Å². The molecular weight excluding hydrogens is 274 g/mol. The molecule has 4 nitrogen and oxygen atoms in total. The van der Waals surface area contributed by atoms with Crippen molar-refractivity contribution in [3.05, 3.63) is 34.8 Å². The van der Waals surface area contributed by atoms with Crippen molar-refractivity contribution in [2.45, 2.75) is 33.3 Å².